The Kier molecular flexibility index (Phi) is 5.33. The first kappa shape index (κ1) is 16.2. The standard InChI is InChI=1S/C17H15BrO4/c18-13-6-7-14(16(20)10-13)15(19)9-12(17(21)22)8-11-4-2-1-3-5-11/h1-7,10,12,20H,8-9H2,(H,21,22)/t12-/m1/s1. The van der Waals surface area contributed by atoms with Crippen molar-refractivity contribution in [1.82, 2.24) is 0 Å². The Morgan fingerprint density at radius 1 is 1.09 bits per heavy atom. The van der Waals surface area contributed by atoms with E-state index in [4.69, 9.17) is 0 Å². The molecule has 0 heterocycles. The van der Waals surface area contributed by atoms with Crippen molar-refractivity contribution in [3.63, 3.8) is 0 Å². The first-order valence-electron chi connectivity index (χ1n) is 6.76. The molecule has 0 aromatic heterocycles. The van der Waals surface area contributed by atoms with Gasteiger partial charge in [0.25, 0.3) is 0 Å². The molecule has 0 aliphatic rings. The highest BCUT2D eigenvalue weighted by molar-refractivity contribution is 9.10. The van der Waals surface area contributed by atoms with Crippen LogP contribution in [0.1, 0.15) is 22.3 Å². The Hall–Kier alpha value is -2.14. The molecule has 1 atom stereocenters. The lowest BCUT2D eigenvalue weighted by molar-refractivity contribution is -0.141. The van der Waals surface area contributed by atoms with Crippen LogP contribution in [0.25, 0.3) is 0 Å². The molecule has 2 rings (SSSR count). The number of aliphatic carboxylic acids is 1. The van der Waals surface area contributed by atoms with Crippen molar-refractivity contribution in [2.75, 3.05) is 0 Å². The molecule has 2 aromatic rings. The molecule has 0 fully saturated rings. The molecule has 0 spiro atoms. The predicted octanol–water partition coefficient (Wildman–Crippen LogP) is 3.67. The maximum absolute atomic E-state index is 12.2. The van der Waals surface area contributed by atoms with Gasteiger partial charge in [-0.3, -0.25) is 9.59 Å². The summed E-state index contributed by atoms with van der Waals surface area (Å²) >= 11 is 3.20. The Morgan fingerprint density at radius 2 is 1.77 bits per heavy atom. The van der Waals surface area contributed by atoms with Gasteiger partial charge in [-0.15, -0.1) is 0 Å². The van der Waals surface area contributed by atoms with E-state index >= 15 is 0 Å². The number of phenols is 1. The van der Waals surface area contributed by atoms with Gasteiger partial charge >= 0.3 is 5.97 Å². The molecule has 5 heteroatoms. The monoisotopic (exact) mass is 362 g/mol. The van der Waals surface area contributed by atoms with Crippen LogP contribution in [0.5, 0.6) is 5.75 Å². The molecule has 114 valence electrons. The van der Waals surface area contributed by atoms with Crippen molar-refractivity contribution >= 4 is 27.7 Å². The van der Waals surface area contributed by atoms with Crippen molar-refractivity contribution in [3.8, 4) is 5.75 Å². The zero-order valence-electron chi connectivity index (χ0n) is 11.7. The molecule has 2 N–H and O–H groups in total. The minimum atomic E-state index is -1.02. The van der Waals surface area contributed by atoms with Crippen LogP contribution in [-0.4, -0.2) is 22.0 Å². The lowest BCUT2D eigenvalue weighted by Gasteiger charge is -2.12. The molecule has 22 heavy (non-hydrogen) atoms. The summed E-state index contributed by atoms with van der Waals surface area (Å²) in [6, 6.07) is 13.7. The fraction of sp³-hybridized carbons (Fsp3) is 0.176. The number of hydrogen-bond acceptors (Lipinski definition) is 3. The fourth-order valence-electron chi connectivity index (χ4n) is 2.22. The third-order valence-electron chi connectivity index (χ3n) is 3.37. The van der Waals surface area contributed by atoms with E-state index in [0.717, 1.165) is 5.56 Å². The van der Waals surface area contributed by atoms with Crippen molar-refractivity contribution in [2.45, 2.75) is 12.8 Å². The molecular weight excluding hydrogens is 348 g/mol. The number of carboxylic acid groups (broad SMARTS) is 1. The highest BCUT2D eigenvalue weighted by Crippen LogP contribution is 2.25. The van der Waals surface area contributed by atoms with Gasteiger partial charge in [0.05, 0.1) is 11.5 Å². The summed E-state index contributed by atoms with van der Waals surface area (Å²) in [4.78, 5) is 23.6. The number of aromatic hydroxyl groups is 1. The maximum atomic E-state index is 12.2. The van der Waals surface area contributed by atoms with Crippen molar-refractivity contribution < 1.29 is 19.8 Å². The van der Waals surface area contributed by atoms with Gasteiger partial charge in [-0.25, -0.2) is 0 Å². The molecule has 0 aliphatic carbocycles. The van der Waals surface area contributed by atoms with Gasteiger partial charge in [0, 0.05) is 10.9 Å². The lowest BCUT2D eigenvalue weighted by atomic mass is 9.92. The summed E-state index contributed by atoms with van der Waals surface area (Å²) in [6.45, 7) is 0. The van der Waals surface area contributed by atoms with Crippen LogP contribution in [0.3, 0.4) is 0 Å². The van der Waals surface area contributed by atoms with Crippen LogP contribution in [0.15, 0.2) is 53.0 Å². The van der Waals surface area contributed by atoms with Gasteiger partial charge in [0.15, 0.2) is 5.78 Å². The van der Waals surface area contributed by atoms with E-state index in [2.05, 4.69) is 15.9 Å². The van der Waals surface area contributed by atoms with Crippen molar-refractivity contribution in [3.05, 3.63) is 64.1 Å². The van der Waals surface area contributed by atoms with E-state index < -0.39 is 11.9 Å². The number of hydrogen-bond donors (Lipinski definition) is 2. The second kappa shape index (κ2) is 7.22. The topological polar surface area (TPSA) is 74.6 Å². The molecular formula is C17H15BrO4. The van der Waals surface area contributed by atoms with Crippen molar-refractivity contribution in [1.29, 1.82) is 0 Å². The summed E-state index contributed by atoms with van der Waals surface area (Å²) in [7, 11) is 0. The average Bonchev–Trinajstić information content (AvgIpc) is 2.47. The molecule has 4 nitrogen and oxygen atoms in total. The summed E-state index contributed by atoms with van der Waals surface area (Å²) in [5.74, 6) is -2.37. The normalized spacial score (nSPS) is 11.9. The number of phenolic OH excluding ortho intramolecular Hbond substituents is 1. The number of benzene rings is 2. The highest BCUT2D eigenvalue weighted by Gasteiger charge is 2.23. The lowest BCUT2D eigenvalue weighted by Crippen LogP contribution is -2.20. The molecule has 0 radical (unpaired) electrons. The van der Waals surface area contributed by atoms with Crippen LogP contribution < -0.4 is 0 Å². The van der Waals surface area contributed by atoms with Crippen LogP contribution in [0.2, 0.25) is 0 Å². The zero-order chi connectivity index (χ0) is 16.1. The maximum Gasteiger partial charge on any atom is 0.307 e. The summed E-state index contributed by atoms with van der Waals surface area (Å²) < 4.78 is 0.653. The smallest absolute Gasteiger partial charge is 0.307 e. The number of rotatable bonds is 6. The van der Waals surface area contributed by atoms with Gasteiger partial charge in [-0.05, 0) is 30.2 Å². The summed E-state index contributed by atoms with van der Waals surface area (Å²) in [6.07, 6.45) is 0.124. The Labute approximate surface area is 136 Å². The van der Waals surface area contributed by atoms with Crippen LogP contribution in [0, 0.1) is 5.92 Å². The molecule has 0 bridgehead atoms. The average molecular weight is 363 g/mol. The second-order valence-corrected chi connectivity index (χ2v) is 5.93. The van der Waals surface area contributed by atoms with Crippen LogP contribution in [-0.2, 0) is 11.2 Å². The highest BCUT2D eigenvalue weighted by atomic mass is 79.9. The Bertz CT molecular complexity index is 682. The summed E-state index contributed by atoms with van der Waals surface area (Å²) in [5, 5.41) is 19.1. The Balaban J connectivity index is 2.14. The number of halogens is 1. The predicted molar refractivity (Wildman–Crippen MR) is 86.0 cm³/mol. The van der Waals surface area contributed by atoms with E-state index in [1.165, 1.54) is 12.1 Å². The van der Waals surface area contributed by atoms with E-state index in [1.54, 1.807) is 6.07 Å². The molecule has 0 amide bonds. The first-order valence-corrected chi connectivity index (χ1v) is 7.55. The van der Waals surface area contributed by atoms with E-state index in [9.17, 15) is 19.8 Å². The largest absolute Gasteiger partial charge is 0.507 e. The molecule has 2 aromatic carbocycles. The van der Waals surface area contributed by atoms with Gasteiger partial charge in [-0.2, -0.15) is 0 Å². The number of ketones is 1. The third kappa shape index (κ3) is 4.18. The first-order chi connectivity index (χ1) is 10.5. The second-order valence-electron chi connectivity index (χ2n) is 5.01. The van der Waals surface area contributed by atoms with Crippen LogP contribution >= 0.6 is 15.9 Å². The summed E-state index contributed by atoms with van der Waals surface area (Å²) in [5.41, 5.74) is 1.00. The van der Waals surface area contributed by atoms with Gasteiger partial charge < -0.3 is 10.2 Å². The van der Waals surface area contributed by atoms with Gasteiger partial charge in [0.2, 0.25) is 0 Å². The van der Waals surface area contributed by atoms with Gasteiger partial charge in [-0.1, -0.05) is 46.3 Å². The minimum absolute atomic E-state index is 0.141. The molecule has 0 aliphatic heterocycles. The zero-order valence-corrected chi connectivity index (χ0v) is 13.3. The quantitative estimate of drug-likeness (QED) is 0.768. The number of Topliss-reactive ketones (excluding diaryl/α,β-unsaturated/α-hetero) is 1. The molecule has 0 saturated carbocycles. The number of carbonyl (C=O) groups is 2. The van der Waals surface area contributed by atoms with Crippen LogP contribution in [0.4, 0.5) is 0 Å². The fourth-order valence-corrected chi connectivity index (χ4v) is 2.57. The molecule has 0 saturated heterocycles. The third-order valence-corrected chi connectivity index (χ3v) is 3.86. The number of carbonyl (C=O) groups excluding carboxylic acids is 1. The van der Waals surface area contributed by atoms with Gasteiger partial charge in [0.1, 0.15) is 5.75 Å². The Morgan fingerprint density at radius 3 is 2.36 bits per heavy atom. The minimum Gasteiger partial charge on any atom is -0.507 e. The van der Waals surface area contributed by atoms with Crippen molar-refractivity contribution in [2.24, 2.45) is 5.92 Å². The number of carboxylic acids is 1. The molecule has 0 unspecified atom stereocenters. The van der Waals surface area contributed by atoms with E-state index in [-0.39, 0.29) is 29.9 Å². The van der Waals surface area contributed by atoms with E-state index in [1.807, 2.05) is 30.3 Å². The SMILES string of the molecule is O=C(C[C@@H](Cc1ccccc1)C(=O)O)c1ccc(Br)cc1O. The van der Waals surface area contributed by atoms with E-state index in [0.29, 0.717) is 4.47 Å².